The van der Waals surface area contributed by atoms with Crippen molar-refractivity contribution < 1.29 is 22.6 Å². The molecule has 0 amide bonds. The summed E-state index contributed by atoms with van der Waals surface area (Å²) in [6.07, 6.45) is -0.0409. The smallest absolute Gasteiger partial charge is 0.248 e. The number of hydrogen-bond donors (Lipinski definition) is 0. The molecule has 1 saturated carbocycles. The van der Waals surface area contributed by atoms with Crippen LogP contribution in [0.4, 0.5) is 13.2 Å². The Balaban J connectivity index is 2.39. The van der Waals surface area contributed by atoms with Gasteiger partial charge in [-0.3, -0.25) is 0 Å². The van der Waals surface area contributed by atoms with Gasteiger partial charge in [0.2, 0.25) is 5.92 Å². The fourth-order valence-corrected chi connectivity index (χ4v) is 3.03. The quantitative estimate of drug-likeness (QED) is 0.821. The third-order valence-corrected chi connectivity index (χ3v) is 4.01. The van der Waals surface area contributed by atoms with Crippen molar-refractivity contribution in [3.63, 3.8) is 0 Å². The van der Waals surface area contributed by atoms with Crippen LogP contribution in [0.25, 0.3) is 0 Å². The van der Waals surface area contributed by atoms with Crippen LogP contribution in [0.1, 0.15) is 37.7 Å². The second-order valence-corrected chi connectivity index (χ2v) is 5.41. The number of rotatable bonds is 3. The Kier molecular flexibility index (Phi) is 4.16. The summed E-state index contributed by atoms with van der Waals surface area (Å²) in [4.78, 5) is 0. The van der Waals surface area contributed by atoms with E-state index in [0.717, 1.165) is 0 Å². The number of ether oxygens (including phenoxy) is 2. The molecule has 5 heteroatoms. The van der Waals surface area contributed by atoms with E-state index < -0.39 is 11.7 Å². The number of halogens is 3. The van der Waals surface area contributed by atoms with E-state index in [2.05, 4.69) is 0 Å². The molecule has 2 nitrogen and oxygen atoms in total. The molecule has 0 N–H and O–H groups in total. The van der Waals surface area contributed by atoms with Gasteiger partial charge >= 0.3 is 0 Å². The molecule has 1 fully saturated rings. The molecule has 112 valence electrons. The van der Waals surface area contributed by atoms with Crippen molar-refractivity contribution in [3.8, 4) is 11.5 Å². The molecule has 0 saturated heterocycles. The predicted molar refractivity (Wildman–Crippen MR) is 70.2 cm³/mol. The highest BCUT2D eigenvalue weighted by Crippen LogP contribution is 2.48. The van der Waals surface area contributed by atoms with Gasteiger partial charge in [0.1, 0.15) is 5.75 Å². The molecule has 0 radical (unpaired) electrons. The first kappa shape index (κ1) is 15.0. The van der Waals surface area contributed by atoms with Crippen LogP contribution in [-0.2, 0) is 0 Å². The molecule has 2 atom stereocenters. The maximum absolute atomic E-state index is 14.0. The van der Waals surface area contributed by atoms with E-state index in [4.69, 9.17) is 9.47 Å². The molecule has 1 aromatic rings. The van der Waals surface area contributed by atoms with Gasteiger partial charge < -0.3 is 9.47 Å². The fourth-order valence-electron chi connectivity index (χ4n) is 3.03. The molecule has 2 unspecified atom stereocenters. The van der Waals surface area contributed by atoms with E-state index in [0.29, 0.717) is 17.7 Å². The molecule has 0 bridgehead atoms. The Bertz CT molecular complexity index is 488. The molecule has 0 heterocycles. The SMILES string of the molecule is COc1cc(F)c(OC)c(C2CCC(F)(F)CC2C)c1. The van der Waals surface area contributed by atoms with Gasteiger partial charge in [-0.05, 0) is 24.3 Å². The number of benzene rings is 1. The van der Waals surface area contributed by atoms with E-state index in [-0.39, 0.29) is 30.4 Å². The van der Waals surface area contributed by atoms with E-state index in [1.807, 2.05) is 0 Å². The highest BCUT2D eigenvalue weighted by Gasteiger charge is 2.41. The average molecular weight is 288 g/mol. The third kappa shape index (κ3) is 2.86. The molecule has 1 aliphatic carbocycles. The highest BCUT2D eigenvalue weighted by atomic mass is 19.3. The van der Waals surface area contributed by atoms with Crippen molar-refractivity contribution in [2.45, 2.75) is 38.0 Å². The number of methoxy groups -OCH3 is 2. The maximum Gasteiger partial charge on any atom is 0.248 e. The van der Waals surface area contributed by atoms with E-state index >= 15 is 0 Å². The summed E-state index contributed by atoms with van der Waals surface area (Å²) in [6, 6.07) is 2.93. The molecule has 1 aromatic carbocycles. The first-order valence-electron chi connectivity index (χ1n) is 6.67. The van der Waals surface area contributed by atoms with Gasteiger partial charge in [-0.25, -0.2) is 13.2 Å². The first-order valence-corrected chi connectivity index (χ1v) is 6.67. The van der Waals surface area contributed by atoms with Crippen LogP contribution >= 0.6 is 0 Å². The Morgan fingerprint density at radius 3 is 2.45 bits per heavy atom. The maximum atomic E-state index is 14.0. The lowest BCUT2D eigenvalue weighted by Crippen LogP contribution is -2.30. The zero-order chi connectivity index (χ0) is 14.9. The summed E-state index contributed by atoms with van der Waals surface area (Å²) in [6.45, 7) is 1.77. The first-order chi connectivity index (χ1) is 9.38. The van der Waals surface area contributed by atoms with Crippen LogP contribution < -0.4 is 9.47 Å². The largest absolute Gasteiger partial charge is 0.497 e. The average Bonchev–Trinajstić information content (AvgIpc) is 2.36. The van der Waals surface area contributed by atoms with E-state index in [1.54, 1.807) is 13.0 Å². The summed E-state index contributed by atoms with van der Waals surface area (Å²) in [5.41, 5.74) is 0.618. The molecular formula is C15H19F3O2. The molecular weight excluding hydrogens is 269 g/mol. The number of hydrogen-bond acceptors (Lipinski definition) is 2. The Hall–Kier alpha value is -1.39. The lowest BCUT2D eigenvalue weighted by Gasteiger charge is -2.35. The summed E-state index contributed by atoms with van der Waals surface area (Å²) in [5.74, 6) is -3.02. The molecule has 0 spiro atoms. The van der Waals surface area contributed by atoms with E-state index in [9.17, 15) is 13.2 Å². The van der Waals surface area contributed by atoms with Crippen LogP contribution in [0.3, 0.4) is 0 Å². The van der Waals surface area contributed by atoms with Gasteiger partial charge in [0.15, 0.2) is 11.6 Å². The predicted octanol–water partition coefficient (Wildman–Crippen LogP) is 4.38. The standard InChI is InChI=1S/C15H19F3O2/c1-9-8-15(17,18)5-4-11(9)12-6-10(19-2)7-13(16)14(12)20-3/h6-7,9,11H,4-5,8H2,1-3H3. The van der Waals surface area contributed by atoms with E-state index in [1.165, 1.54) is 20.3 Å². The van der Waals surface area contributed by atoms with Crippen LogP contribution in [-0.4, -0.2) is 20.1 Å². The second kappa shape index (κ2) is 5.54. The highest BCUT2D eigenvalue weighted by molar-refractivity contribution is 5.44. The molecule has 20 heavy (non-hydrogen) atoms. The minimum atomic E-state index is -2.62. The van der Waals surface area contributed by atoms with Crippen molar-refractivity contribution in [2.75, 3.05) is 14.2 Å². The van der Waals surface area contributed by atoms with Crippen molar-refractivity contribution in [3.05, 3.63) is 23.5 Å². The van der Waals surface area contributed by atoms with Crippen molar-refractivity contribution in [1.82, 2.24) is 0 Å². The van der Waals surface area contributed by atoms with Crippen LogP contribution in [0.15, 0.2) is 12.1 Å². The van der Waals surface area contributed by atoms with Gasteiger partial charge in [-0.1, -0.05) is 6.92 Å². The topological polar surface area (TPSA) is 18.5 Å². The fraction of sp³-hybridized carbons (Fsp3) is 0.600. The molecule has 1 aliphatic rings. The second-order valence-electron chi connectivity index (χ2n) is 5.41. The van der Waals surface area contributed by atoms with Crippen molar-refractivity contribution in [2.24, 2.45) is 5.92 Å². The Morgan fingerprint density at radius 2 is 1.90 bits per heavy atom. The van der Waals surface area contributed by atoms with Gasteiger partial charge in [0.05, 0.1) is 14.2 Å². The van der Waals surface area contributed by atoms with Crippen LogP contribution in [0, 0.1) is 11.7 Å². The lowest BCUT2D eigenvalue weighted by atomic mass is 9.74. The minimum absolute atomic E-state index is 0.132. The summed E-state index contributed by atoms with van der Waals surface area (Å²) in [7, 11) is 2.83. The number of alkyl halides is 2. The molecule has 2 rings (SSSR count). The minimum Gasteiger partial charge on any atom is -0.497 e. The van der Waals surface area contributed by atoms with Crippen molar-refractivity contribution >= 4 is 0 Å². The van der Waals surface area contributed by atoms with Gasteiger partial charge in [0.25, 0.3) is 0 Å². The van der Waals surface area contributed by atoms with Gasteiger partial charge in [0, 0.05) is 24.5 Å². The van der Waals surface area contributed by atoms with Crippen LogP contribution in [0.2, 0.25) is 0 Å². The van der Waals surface area contributed by atoms with Crippen molar-refractivity contribution in [1.29, 1.82) is 0 Å². The summed E-state index contributed by atoms with van der Waals surface area (Å²) < 4.78 is 51.0. The summed E-state index contributed by atoms with van der Waals surface area (Å²) >= 11 is 0. The monoisotopic (exact) mass is 288 g/mol. The normalized spacial score (nSPS) is 25.3. The van der Waals surface area contributed by atoms with Gasteiger partial charge in [-0.15, -0.1) is 0 Å². The Morgan fingerprint density at radius 1 is 1.20 bits per heavy atom. The zero-order valence-corrected chi connectivity index (χ0v) is 11.9. The molecule has 0 aromatic heterocycles. The van der Waals surface area contributed by atoms with Gasteiger partial charge in [-0.2, -0.15) is 0 Å². The molecule has 0 aliphatic heterocycles. The lowest BCUT2D eigenvalue weighted by molar-refractivity contribution is -0.0557. The van der Waals surface area contributed by atoms with Crippen LogP contribution in [0.5, 0.6) is 11.5 Å². The third-order valence-electron chi connectivity index (χ3n) is 4.01. The zero-order valence-electron chi connectivity index (χ0n) is 11.9. The Labute approximate surface area is 116 Å². The summed E-state index contributed by atoms with van der Waals surface area (Å²) in [5, 5.41) is 0.